The Labute approximate surface area is 123 Å². The molecule has 1 atom stereocenters. The molecule has 0 saturated carbocycles. The molecule has 0 spiro atoms. The fourth-order valence-electron chi connectivity index (χ4n) is 3.00. The van der Waals surface area contributed by atoms with Gasteiger partial charge in [0.1, 0.15) is 5.25 Å². The van der Waals surface area contributed by atoms with Gasteiger partial charge in [0, 0.05) is 5.56 Å². The van der Waals surface area contributed by atoms with Crippen molar-refractivity contribution < 1.29 is 14.3 Å². The van der Waals surface area contributed by atoms with Crippen LogP contribution in [0.5, 0.6) is 0 Å². The summed E-state index contributed by atoms with van der Waals surface area (Å²) in [5.41, 5.74) is 4.20. The molecule has 0 amide bonds. The molecule has 106 valence electrons. The number of carbonyl (C=O) groups excluding carboxylic acids is 2. The molecule has 0 radical (unpaired) electrons. The molecule has 0 aromatic heterocycles. The van der Waals surface area contributed by atoms with E-state index in [4.69, 9.17) is 4.74 Å². The van der Waals surface area contributed by atoms with E-state index in [9.17, 15) is 9.59 Å². The molecule has 3 nitrogen and oxygen atoms in total. The lowest BCUT2D eigenvalue weighted by molar-refractivity contribution is -0.142. The number of thioether (sulfide) groups is 1. The predicted molar refractivity (Wildman–Crippen MR) is 79.2 cm³/mol. The second-order valence-corrected chi connectivity index (χ2v) is 6.37. The number of ketones is 1. The van der Waals surface area contributed by atoms with Crippen molar-refractivity contribution in [2.45, 2.75) is 37.9 Å². The highest BCUT2D eigenvalue weighted by atomic mass is 32.2. The molecule has 0 fully saturated rings. The van der Waals surface area contributed by atoms with Crippen molar-refractivity contribution in [3.05, 3.63) is 34.4 Å². The summed E-state index contributed by atoms with van der Waals surface area (Å²) >= 11 is 1.39. The maximum atomic E-state index is 12.1. The molecule has 1 unspecified atom stereocenters. The van der Waals surface area contributed by atoms with E-state index in [1.54, 1.807) is 0 Å². The van der Waals surface area contributed by atoms with Crippen LogP contribution in [0.1, 0.15) is 52.1 Å². The topological polar surface area (TPSA) is 43.4 Å². The molecule has 3 rings (SSSR count). The second kappa shape index (κ2) is 5.60. The summed E-state index contributed by atoms with van der Waals surface area (Å²) < 4.78 is 5.15. The molecule has 1 aliphatic heterocycles. The first-order valence-electron chi connectivity index (χ1n) is 7.18. The van der Waals surface area contributed by atoms with Crippen LogP contribution >= 0.6 is 11.8 Å². The summed E-state index contributed by atoms with van der Waals surface area (Å²) in [6, 6.07) is 4.10. The van der Waals surface area contributed by atoms with Gasteiger partial charge in [0.25, 0.3) is 0 Å². The first kappa shape index (κ1) is 13.7. The van der Waals surface area contributed by atoms with Crippen molar-refractivity contribution in [2.24, 2.45) is 0 Å². The highest BCUT2D eigenvalue weighted by Crippen LogP contribution is 2.40. The number of esters is 1. The van der Waals surface area contributed by atoms with Gasteiger partial charge >= 0.3 is 5.97 Å². The van der Waals surface area contributed by atoms with Crippen LogP contribution in [0.4, 0.5) is 0 Å². The zero-order chi connectivity index (χ0) is 14.1. The highest BCUT2D eigenvalue weighted by molar-refractivity contribution is 8.01. The van der Waals surface area contributed by atoms with Gasteiger partial charge in [-0.2, -0.15) is 0 Å². The van der Waals surface area contributed by atoms with Crippen LogP contribution in [0.2, 0.25) is 0 Å². The van der Waals surface area contributed by atoms with Crippen molar-refractivity contribution in [2.75, 3.05) is 12.4 Å². The van der Waals surface area contributed by atoms with Crippen molar-refractivity contribution in [1.82, 2.24) is 0 Å². The Morgan fingerprint density at radius 1 is 1.30 bits per heavy atom. The molecule has 1 aromatic carbocycles. The number of ether oxygens (including phenoxy) is 1. The SMILES string of the molecule is CCOC(=O)C1SCC(=O)c2cc3c(cc21)CCCC3. The Balaban J connectivity index is 2.04. The molecule has 1 aromatic rings. The number of rotatable bonds is 2. The van der Waals surface area contributed by atoms with Crippen molar-refractivity contribution in [3.63, 3.8) is 0 Å². The predicted octanol–water partition coefficient (Wildman–Crippen LogP) is 3.10. The molecule has 2 aliphatic rings. The van der Waals surface area contributed by atoms with Gasteiger partial charge in [-0.05, 0) is 55.4 Å². The quantitative estimate of drug-likeness (QED) is 0.785. The first-order valence-corrected chi connectivity index (χ1v) is 8.22. The van der Waals surface area contributed by atoms with E-state index in [0.29, 0.717) is 12.4 Å². The minimum atomic E-state index is -0.338. The van der Waals surface area contributed by atoms with E-state index in [-0.39, 0.29) is 17.0 Å². The third kappa shape index (κ3) is 2.37. The maximum Gasteiger partial charge on any atom is 0.323 e. The van der Waals surface area contributed by atoms with Crippen molar-refractivity contribution >= 4 is 23.5 Å². The van der Waals surface area contributed by atoms with Crippen LogP contribution in [-0.2, 0) is 22.4 Å². The number of carbonyl (C=O) groups is 2. The van der Waals surface area contributed by atoms with Crippen LogP contribution in [-0.4, -0.2) is 24.1 Å². The lowest BCUT2D eigenvalue weighted by Crippen LogP contribution is -2.24. The van der Waals surface area contributed by atoms with Gasteiger partial charge in [-0.3, -0.25) is 9.59 Å². The smallest absolute Gasteiger partial charge is 0.323 e. The lowest BCUT2D eigenvalue weighted by atomic mass is 9.86. The second-order valence-electron chi connectivity index (χ2n) is 5.28. The summed E-state index contributed by atoms with van der Waals surface area (Å²) in [4.78, 5) is 24.2. The zero-order valence-electron chi connectivity index (χ0n) is 11.6. The zero-order valence-corrected chi connectivity index (χ0v) is 12.4. The van der Waals surface area contributed by atoms with Gasteiger partial charge in [0.05, 0.1) is 12.4 Å². The highest BCUT2D eigenvalue weighted by Gasteiger charge is 2.33. The number of hydrogen-bond donors (Lipinski definition) is 0. The van der Waals surface area contributed by atoms with Gasteiger partial charge in [0.15, 0.2) is 5.78 Å². The van der Waals surface area contributed by atoms with Gasteiger partial charge in [-0.1, -0.05) is 6.07 Å². The summed E-state index contributed by atoms with van der Waals surface area (Å²) in [5, 5.41) is -0.338. The number of aryl methyl sites for hydroxylation is 2. The number of fused-ring (bicyclic) bond motifs is 2. The van der Waals surface area contributed by atoms with Crippen LogP contribution in [0.25, 0.3) is 0 Å². The van der Waals surface area contributed by atoms with Gasteiger partial charge in [-0.25, -0.2) is 0 Å². The maximum absolute atomic E-state index is 12.1. The van der Waals surface area contributed by atoms with Gasteiger partial charge < -0.3 is 4.74 Å². The average Bonchev–Trinajstić information content (AvgIpc) is 2.46. The third-order valence-electron chi connectivity index (χ3n) is 3.98. The largest absolute Gasteiger partial charge is 0.465 e. The summed E-state index contributed by atoms with van der Waals surface area (Å²) in [5.74, 6) is 0.288. The normalized spacial score (nSPS) is 21.1. The van der Waals surface area contributed by atoms with E-state index in [1.807, 2.05) is 13.0 Å². The Bertz CT molecular complexity index is 565. The fourth-order valence-corrected chi connectivity index (χ4v) is 4.05. The minimum Gasteiger partial charge on any atom is -0.465 e. The Morgan fingerprint density at radius 3 is 2.70 bits per heavy atom. The van der Waals surface area contributed by atoms with Crippen LogP contribution in [0.3, 0.4) is 0 Å². The molecule has 20 heavy (non-hydrogen) atoms. The first-order chi connectivity index (χ1) is 9.70. The Morgan fingerprint density at radius 2 is 2.00 bits per heavy atom. The van der Waals surface area contributed by atoms with E-state index < -0.39 is 0 Å². The molecule has 4 heteroatoms. The average molecular weight is 290 g/mol. The van der Waals surface area contributed by atoms with Gasteiger partial charge in [-0.15, -0.1) is 11.8 Å². The molecule has 0 bridgehead atoms. The standard InChI is InChI=1S/C16H18O3S/c1-2-19-16(18)15-13-8-11-6-4-3-5-10(11)7-12(13)14(17)9-20-15/h7-8,15H,2-6,9H2,1H3. The van der Waals surface area contributed by atoms with Crippen molar-refractivity contribution in [3.8, 4) is 0 Å². The van der Waals surface area contributed by atoms with Crippen molar-refractivity contribution in [1.29, 1.82) is 0 Å². The van der Waals surface area contributed by atoms with Gasteiger partial charge in [0.2, 0.25) is 0 Å². The number of hydrogen-bond acceptors (Lipinski definition) is 4. The van der Waals surface area contributed by atoms with E-state index in [2.05, 4.69) is 6.07 Å². The van der Waals surface area contributed by atoms with Crippen LogP contribution in [0.15, 0.2) is 12.1 Å². The summed E-state index contributed by atoms with van der Waals surface area (Å²) in [7, 11) is 0. The molecular formula is C16H18O3S. The minimum absolute atomic E-state index is 0.138. The lowest BCUT2D eigenvalue weighted by Gasteiger charge is -2.26. The van der Waals surface area contributed by atoms with Crippen LogP contribution < -0.4 is 0 Å². The molecule has 0 N–H and O–H groups in total. The molecular weight excluding hydrogens is 272 g/mol. The summed E-state index contributed by atoms with van der Waals surface area (Å²) in [6.07, 6.45) is 4.48. The fraction of sp³-hybridized carbons (Fsp3) is 0.500. The number of Topliss-reactive ketones (excluding diaryl/α,β-unsaturated/α-hetero) is 1. The van der Waals surface area contributed by atoms with E-state index >= 15 is 0 Å². The summed E-state index contributed by atoms with van der Waals surface area (Å²) in [6.45, 7) is 2.19. The molecule has 0 saturated heterocycles. The monoisotopic (exact) mass is 290 g/mol. The van der Waals surface area contributed by atoms with Crippen LogP contribution in [0, 0.1) is 0 Å². The molecule has 1 heterocycles. The number of benzene rings is 1. The third-order valence-corrected chi connectivity index (χ3v) is 5.19. The Kier molecular flexibility index (Phi) is 3.83. The van der Waals surface area contributed by atoms with E-state index in [0.717, 1.165) is 24.0 Å². The van der Waals surface area contributed by atoms with E-state index in [1.165, 1.54) is 35.7 Å². The molecule has 1 aliphatic carbocycles. The Hall–Kier alpha value is -1.29.